The predicted molar refractivity (Wildman–Crippen MR) is 34.1 cm³/mol. The number of rotatable bonds is 3. The molecule has 0 aromatic heterocycles. The van der Waals surface area contributed by atoms with E-state index in [1.807, 2.05) is 0 Å². The van der Waals surface area contributed by atoms with Crippen LogP contribution in [0.1, 0.15) is 0 Å². The van der Waals surface area contributed by atoms with Gasteiger partial charge in [-0.15, -0.1) is 12.8 Å². The van der Waals surface area contributed by atoms with Crippen LogP contribution in [0.15, 0.2) is 0 Å². The zero-order valence-electron chi connectivity index (χ0n) is 5.20. The largest absolute Gasteiger partial charge is 0.383 e. The van der Waals surface area contributed by atoms with Gasteiger partial charge in [-0.3, -0.25) is 0 Å². The molecule has 0 radical (unpaired) electrons. The maximum atomic E-state index is 7.97. The average Bonchev–Trinajstić information content (AvgIpc) is 1.98. The van der Waals surface area contributed by atoms with Gasteiger partial charge in [-0.25, -0.2) is 0 Å². The summed E-state index contributed by atoms with van der Waals surface area (Å²) in [6, 6.07) is 0. The van der Waals surface area contributed by atoms with Crippen LogP contribution < -0.4 is 0 Å². The van der Waals surface area contributed by atoms with Crippen LogP contribution in [0.25, 0.3) is 0 Å². The molecular weight excluding hydrogens is 130 g/mol. The molecule has 0 aliphatic heterocycles. The van der Waals surface area contributed by atoms with Crippen molar-refractivity contribution in [1.82, 2.24) is 0 Å². The highest BCUT2D eigenvalue weighted by Gasteiger charge is 2.01. The van der Waals surface area contributed by atoms with Gasteiger partial charge in [-0.2, -0.15) is 5.26 Å². The Bertz CT molecular complexity index is 203. The molecule has 3 heteroatoms. The van der Waals surface area contributed by atoms with Crippen LogP contribution in [0.5, 0.6) is 0 Å². The van der Waals surface area contributed by atoms with Crippen LogP contribution in [0, 0.1) is 36.2 Å². The van der Waals surface area contributed by atoms with E-state index >= 15 is 0 Å². The molecule has 1 atom stereocenters. The van der Waals surface area contributed by atoms with Crippen LogP contribution >= 0.6 is 0 Å². The molecule has 50 valence electrons. The van der Waals surface area contributed by atoms with Crippen molar-refractivity contribution in [3.63, 3.8) is 0 Å². The summed E-state index contributed by atoms with van der Waals surface area (Å²) in [4.78, 5) is 0. The van der Waals surface area contributed by atoms with Crippen LogP contribution in [-0.2, 0) is 9.47 Å². The molecule has 0 aromatic carbocycles. The van der Waals surface area contributed by atoms with E-state index in [4.69, 9.17) is 18.1 Å². The summed E-state index contributed by atoms with van der Waals surface area (Å²) < 4.78 is 8.91. The minimum atomic E-state index is -0.957. The molecular formula is C7H5NO2. The number of terminal acetylenes is 2. The van der Waals surface area contributed by atoms with E-state index in [-0.39, 0.29) is 6.61 Å². The standard InChI is InChI=1S/C7H5NO2/c1-3-5-9-7(4-2)10-6-8/h1-2,7H,5H2. The maximum Gasteiger partial charge on any atom is 0.289 e. The Labute approximate surface area is 59.5 Å². The monoisotopic (exact) mass is 135 g/mol. The molecule has 0 aliphatic carbocycles. The van der Waals surface area contributed by atoms with Gasteiger partial charge in [0.05, 0.1) is 0 Å². The number of nitriles is 1. The topological polar surface area (TPSA) is 42.2 Å². The van der Waals surface area contributed by atoms with E-state index in [1.54, 1.807) is 0 Å². The van der Waals surface area contributed by atoms with Crippen molar-refractivity contribution >= 4 is 0 Å². The Morgan fingerprint density at radius 1 is 1.50 bits per heavy atom. The highest BCUT2D eigenvalue weighted by Crippen LogP contribution is 1.89. The molecule has 0 N–H and O–H groups in total. The highest BCUT2D eigenvalue weighted by molar-refractivity contribution is 4.92. The molecule has 0 fully saturated rings. The molecule has 1 unspecified atom stereocenters. The van der Waals surface area contributed by atoms with Gasteiger partial charge in [0.1, 0.15) is 6.61 Å². The van der Waals surface area contributed by atoms with Crippen LogP contribution in [-0.4, -0.2) is 12.9 Å². The molecule has 0 aromatic rings. The molecule has 0 heterocycles. The SMILES string of the molecule is C#CCOC(C#C)OC#N. The van der Waals surface area contributed by atoms with E-state index in [0.29, 0.717) is 0 Å². The van der Waals surface area contributed by atoms with Crippen molar-refractivity contribution in [3.8, 4) is 30.9 Å². The third kappa shape index (κ3) is 3.38. The molecule has 0 amide bonds. The first-order valence-electron chi connectivity index (χ1n) is 2.41. The lowest BCUT2D eigenvalue weighted by molar-refractivity contribution is -0.0443. The van der Waals surface area contributed by atoms with Gasteiger partial charge in [-0.05, 0) is 5.92 Å². The lowest BCUT2D eigenvalue weighted by Gasteiger charge is -2.03. The second-order valence-corrected chi connectivity index (χ2v) is 1.22. The van der Waals surface area contributed by atoms with Crippen molar-refractivity contribution in [2.45, 2.75) is 6.29 Å². The van der Waals surface area contributed by atoms with E-state index in [0.717, 1.165) is 0 Å². The maximum absolute atomic E-state index is 7.97. The fraction of sp³-hybridized carbons (Fsp3) is 0.286. The number of nitrogens with zero attached hydrogens (tertiary/aromatic N) is 1. The van der Waals surface area contributed by atoms with E-state index in [9.17, 15) is 0 Å². The van der Waals surface area contributed by atoms with Crippen LogP contribution in [0.3, 0.4) is 0 Å². The van der Waals surface area contributed by atoms with Crippen LogP contribution in [0.2, 0.25) is 0 Å². The minimum Gasteiger partial charge on any atom is -0.383 e. The first kappa shape index (κ1) is 8.37. The van der Waals surface area contributed by atoms with Crippen LogP contribution in [0.4, 0.5) is 0 Å². The summed E-state index contributed by atoms with van der Waals surface area (Å²) in [5.74, 6) is 4.26. The molecule has 0 aliphatic rings. The summed E-state index contributed by atoms with van der Waals surface area (Å²) in [7, 11) is 0. The molecule has 10 heavy (non-hydrogen) atoms. The fourth-order valence-corrected chi connectivity index (χ4v) is 0.288. The van der Waals surface area contributed by atoms with E-state index in [2.05, 4.69) is 21.3 Å². The second-order valence-electron chi connectivity index (χ2n) is 1.22. The average molecular weight is 135 g/mol. The zero-order chi connectivity index (χ0) is 7.82. The summed E-state index contributed by atoms with van der Waals surface area (Å²) in [5.41, 5.74) is 0. The summed E-state index contributed by atoms with van der Waals surface area (Å²) >= 11 is 0. The van der Waals surface area contributed by atoms with Crippen molar-refractivity contribution < 1.29 is 9.47 Å². The predicted octanol–water partition coefficient (Wildman–Crippen LogP) is 0.0932. The zero-order valence-corrected chi connectivity index (χ0v) is 5.20. The van der Waals surface area contributed by atoms with Gasteiger partial charge in [0, 0.05) is 0 Å². The first-order valence-corrected chi connectivity index (χ1v) is 2.41. The molecule has 0 saturated heterocycles. The number of hydrogen-bond donors (Lipinski definition) is 0. The summed E-state index contributed by atoms with van der Waals surface area (Å²) in [6.45, 7) is 0.0382. The second kappa shape index (κ2) is 5.51. The third-order valence-electron chi connectivity index (χ3n) is 0.614. The van der Waals surface area contributed by atoms with Gasteiger partial charge in [0.15, 0.2) is 0 Å². The van der Waals surface area contributed by atoms with Gasteiger partial charge < -0.3 is 9.47 Å². The van der Waals surface area contributed by atoms with Crippen molar-refractivity contribution in [1.29, 1.82) is 5.26 Å². The molecule has 0 rings (SSSR count). The Kier molecular flexibility index (Phi) is 4.61. The lowest BCUT2D eigenvalue weighted by atomic mass is 10.6. The van der Waals surface area contributed by atoms with Crippen molar-refractivity contribution in [2.75, 3.05) is 6.61 Å². The molecule has 0 spiro atoms. The smallest absolute Gasteiger partial charge is 0.289 e. The highest BCUT2D eigenvalue weighted by atomic mass is 16.7. The Morgan fingerprint density at radius 3 is 2.60 bits per heavy atom. The third-order valence-corrected chi connectivity index (χ3v) is 0.614. The van der Waals surface area contributed by atoms with Gasteiger partial charge in [0.2, 0.25) is 0 Å². The van der Waals surface area contributed by atoms with E-state index < -0.39 is 6.29 Å². The quantitative estimate of drug-likeness (QED) is 0.313. The number of hydrogen-bond acceptors (Lipinski definition) is 3. The van der Waals surface area contributed by atoms with Gasteiger partial charge in [0.25, 0.3) is 12.5 Å². The number of ether oxygens (including phenoxy) is 2. The Morgan fingerprint density at radius 2 is 2.20 bits per heavy atom. The molecule has 3 nitrogen and oxygen atoms in total. The van der Waals surface area contributed by atoms with E-state index in [1.165, 1.54) is 6.26 Å². The summed E-state index contributed by atoms with van der Waals surface area (Å²) in [6.07, 6.45) is 10.2. The molecule has 0 bridgehead atoms. The fourth-order valence-electron chi connectivity index (χ4n) is 0.288. The summed E-state index contributed by atoms with van der Waals surface area (Å²) in [5, 5.41) is 7.97. The Hall–Kier alpha value is -1.63. The van der Waals surface area contributed by atoms with Gasteiger partial charge in [-0.1, -0.05) is 5.92 Å². The normalized spacial score (nSPS) is 10.1. The minimum absolute atomic E-state index is 0.0382. The Balaban J connectivity index is 3.57. The van der Waals surface area contributed by atoms with Crippen molar-refractivity contribution in [2.24, 2.45) is 0 Å². The first-order chi connectivity index (χ1) is 4.85. The molecule has 0 saturated carbocycles. The van der Waals surface area contributed by atoms with Gasteiger partial charge >= 0.3 is 0 Å². The lowest BCUT2D eigenvalue weighted by Crippen LogP contribution is -2.11. The van der Waals surface area contributed by atoms with Crippen molar-refractivity contribution in [3.05, 3.63) is 0 Å².